The first kappa shape index (κ1) is 20.7. The fourth-order valence-corrected chi connectivity index (χ4v) is 5.26. The molecule has 30 heavy (non-hydrogen) atoms. The number of nitrogens with zero attached hydrogens (tertiary/aromatic N) is 3. The van der Waals surface area contributed by atoms with E-state index in [9.17, 15) is 19.8 Å². The fourth-order valence-electron chi connectivity index (χ4n) is 5.26. The Morgan fingerprint density at radius 1 is 1.23 bits per heavy atom. The first-order valence-electron chi connectivity index (χ1n) is 10.7. The fraction of sp³-hybridized carbons (Fsp3) is 0.667. The molecule has 1 aromatic rings. The number of anilines is 2. The maximum absolute atomic E-state index is 13.5. The molecule has 1 atom stereocenters. The van der Waals surface area contributed by atoms with Gasteiger partial charge in [-0.2, -0.15) is 4.98 Å². The van der Waals surface area contributed by atoms with Gasteiger partial charge in [0.25, 0.3) is 0 Å². The second kappa shape index (κ2) is 8.29. The van der Waals surface area contributed by atoms with Gasteiger partial charge < -0.3 is 24.7 Å². The van der Waals surface area contributed by atoms with E-state index in [1.807, 2.05) is 9.80 Å². The number of amides is 2. The van der Waals surface area contributed by atoms with Crippen molar-refractivity contribution in [2.45, 2.75) is 57.1 Å². The molecule has 0 aromatic carbocycles. The van der Waals surface area contributed by atoms with Crippen LogP contribution in [0.3, 0.4) is 0 Å². The summed E-state index contributed by atoms with van der Waals surface area (Å²) in [6, 6.07) is 3.48. The number of aliphatic hydroxyl groups excluding tert-OH is 1. The van der Waals surface area contributed by atoms with Gasteiger partial charge in [-0.15, -0.1) is 0 Å². The Morgan fingerprint density at radius 2 is 2.00 bits per heavy atom. The molecule has 1 aromatic heterocycles. The van der Waals surface area contributed by atoms with E-state index in [2.05, 4.69) is 10.3 Å². The molecule has 2 aliphatic heterocycles. The largest absolute Gasteiger partial charge is 0.481 e. The predicted molar refractivity (Wildman–Crippen MR) is 111 cm³/mol. The van der Waals surface area contributed by atoms with Gasteiger partial charge in [-0.1, -0.05) is 0 Å². The molecular weight excluding hydrogens is 388 g/mol. The van der Waals surface area contributed by atoms with E-state index in [0.29, 0.717) is 30.5 Å². The molecule has 3 aliphatic rings. The molecule has 0 radical (unpaired) electrons. The molecule has 3 N–H and O–H groups in total. The summed E-state index contributed by atoms with van der Waals surface area (Å²) in [6.45, 7) is 1.98. The Kier molecular flexibility index (Phi) is 5.73. The molecule has 2 amide bonds. The number of methoxy groups -OCH3 is 1. The zero-order valence-electron chi connectivity index (χ0n) is 17.3. The van der Waals surface area contributed by atoms with Gasteiger partial charge in [-0.25, -0.2) is 4.79 Å². The van der Waals surface area contributed by atoms with Crippen LogP contribution in [-0.4, -0.2) is 71.0 Å². The van der Waals surface area contributed by atoms with E-state index in [1.165, 1.54) is 7.11 Å². The first-order valence-corrected chi connectivity index (χ1v) is 10.7. The second-order valence-corrected chi connectivity index (χ2v) is 8.67. The molecule has 1 aliphatic carbocycles. The minimum absolute atomic E-state index is 0.198. The highest BCUT2D eigenvalue weighted by atomic mass is 16.5. The highest BCUT2D eigenvalue weighted by molar-refractivity contribution is 5.89. The summed E-state index contributed by atoms with van der Waals surface area (Å²) >= 11 is 0. The van der Waals surface area contributed by atoms with Crippen molar-refractivity contribution in [2.24, 2.45) is 5.41 Å². The maximum Gasteiger partial charge on any atom is 0.409 e. The van der Waals surface area contributed by atoms with Gasteiger partial charge in [0.15, 0.2) is 5.82 Å². The van der Waals surface area contributed by atoms with Crippen molar-refractivity contribution < 1.29 is 24.5 Å². The number of carbonyl (C=O) groups excluding carboxylic acids is 1. The van der Waals surface area contributed by atoms with E-state index in [-0.39, 0.29) is 18.1 Å². The van der Waals surface area contributed by atoms with Crippen molar-refractivity contribution >= 4 is 23.5 Å². The van der Waals surface area contributed by atoms with Gasteiger partial charge in [0, 0.05) is 31.7 Å². The van der Waals surface area contributed by atoms with Crippen LogP contribution < -0.4 is 15.0 Å². The molecule has 3 fully saturated rings. The Balaban J connectivity index is 1.55. The number of hydrogen-bond acceptors (Lipinski definition) is 6. The highest BCUT2D eigenvalue weighted by Gasteiger charge is 2.51. The lowest BCUT2D eigenvalue weighted by atomic mass is 9.78. The number of likely N-dealkylation sites (tertiary alicyclic amines) is 1. The van der Waals surface area contributed by atoms with E-state index in [0.717, 1.165) is 51.5 Å². The summed E-state index contributed by atoms with van der Waals surface area (Å²) < 4.78 is 5.24. The number of aliphatic hydroxyl groups is 1. The zero-order chi connectivity index (χ0) is 21.3. The molecule has 2 saturated heterocycles. The summed E-state index contributed by atoms with van der Waals surface area (Å²) in [4.78, 5) is 33.3. The van der Waals surface area contributed by atoms with E-state index in [1.54, 1.807) is 12.1 Å². The summed E-state index contributed by atoms with van der Waals surface area (Å²) in [7, 11) is 1.52. The third kappa shape index (κ3) is 3.90. The van der Waals surface area contributed by atoms with Gasteiger partial charge in [-0.3, -0.25) is 10.1 Å². The molecule has 9 nitrogen and oxygen atoms in total. The monoisotopic (exact) mass is 418 g/mol. The average Bonchev–Trinajstić information content (AvgIpc) is 3.04. The number of rotatable bonds is 4. The van der Waals surface area contributed by atoms with Crippen molar-refractivity contribution in [1.82, 2.24) is 9.88 Å². The first-order chi connectivity index (χ1) is 14.4. The lowest BCUT2D eigenvalue weighted by Crippen LogP contribution is -2.50. The van der Waals surface area contributed by atoms with E-state index >= 15 is 0 Å². The molecule has 1 saturated carbocycles. The Bertz CT molecular complexity index is 811. The van der Waals surface area contributed by atoms with Crippen LogP contribution >= 0.6 is 0 Å². The third-order valence-corrected chi connectivity index (χ3v) is 6.83. The highest BCUT2D eigenvalue weighted by Crippen LogP contribution is 2.44. The van der Waals surface area contributed by atoms with Crippen LogP contribution in [0.25, 0.3) is 0 Å². The van der Waals surface area contributed by atoms with Crippen LogP contribution in [0.5, 0.6) is 5.88 Å². The quantitative estimate of drug-likeness (QED) is 0.687. The van der Waals surface area contributed by atoms with Crippen LogP contribution in [0, 0.1) is 5.41 Å². The predicted octanol–water partition coefficient (Wildman–Crippen LogP) is 2.30. The molecule has 0 bridgehead atoms. The van der Waals surface area contributed by atoms with Crippen molar-refractivity contribution in [3.63, 3.8) is 0 Å². The average molecular weight is 418 g/mol. The Labute approximate surface area is 176 Å². The van der Waals surface area contributed by atoms with Gasteiger partial charge in [0.05, 0.1) is 24.3 Å². The number of carboxylic acid groups (broad SMARTS) is 1. The van der Waals surface area contributed by atoms with Crippen molar-refractivity contribution in [3.8, 4) is 5.88 Å². The van der Waals surface area contributed by atoms with Gasteiger partial charge >= 0.3 is 6.09 Å². The van der Waals surface area contributed by atoms with Crippen LogP contribution in [-0.2, 0) is 4.79 Å². The smallest absolute Gasteiger partial charge is 0.409 e. The molecule has 0 unspecified atom stereocenters. The Hall–Kier alpha value is -2.55. The maximum atomic E-state index is 13.5. The second-order valence-electron chi connectivity index (χ2n) is 8.67. The van der Waals surface area contributed by atoms with Gasteiger partial charge in [0.2, 0.25) is 11.8 Å². The normalized spacial score (nSPS) is 29.3. The molecule has 3 heterocycles. The number of aromatic nitrogens is 1. The minimum Gasteiger partial charge on any atom is -0.481 e. The number of hydrogen-bond donors (Lipinski definition) is 3. The summed E-state index contributed by atoms with van der Waals surface area (Å²) in [5.41, 5.74) is -0.0662. The molecular formula is C21H30N4O5. The number of ether oxygens (including phenoxy) is 1. The summed E-state index contributed by atoms with van der Waals surface area (Å²) in [5, 5.41) is 21.4. The minimum atomic E-state index is -1.16. The Morgan fingerprint density at radius 3 is 2.70 bits per heavy atom. The number of nitrogens with one attached hydrogen (secondary N) is 1. The van der Waals surface area contributed by atoms with E-state index < -0.39 is 11.5 Å². The van der Waals surface area contributed by atoms with Crippen molar-refractivity contribution in [2.75, 3.05) is 37.0 Å². The summed E-state index contributed by atoms with van der Waals surface area (Å²) in [5.74, 6) is 1.10. The zero-order valence-corrected chi connectivity index (χ0v) is 17.3. The van der Waals surface area contributed by atoms with Crippen LogP contribution in [0.2, 0.25) is 0 Å². The van der Waals surface area contributed by atoms with Crippen LogP contribution in [0.1, 0.15) is 44.9 Å². The van der Waals surface area contributed by atoms with Crippen molar-refractivity contribution in [1.29, 1.82) is 0 Å². The topological polar surface area (TPSA) is 115 Å². The van der Waals surface area contributed by atoms with Crippen LogP contribution in [0.15, 0.2) is 12.1 Å². The van der Waals surface area contributed by atoms with Gasteiger partial charge in [-0.05, 0) is 51.0 Å². The number of carbonyl (C=O) groups is 2. The lowest BCUT2D eigenvalue weighted by Gasteiger charge is -2.41. The van der Waals surface area contributed by atoms with E-state index in [4.69, 9.17) is 4.74 Å². The molecule has 1 spiro atoms. The lowest BCUT2D eigenvalue weighted by molar-refractivity contribution is -0.139. The summed E-state index contributed by atoms with van der Waals surface area (Å²) in [6.07, 6.45) is 4.31. The number of piperidine rings is 1. The van der Waals surface area contributed by atoms with Gasteiger partial charge in [0.1, 0.15) is 0 Å². The third-order valence-electron chi connectivity index (χ3n) is 6.83. The standard InChI is InChI=1S/C21H30N4O5/c1-30-17-8-7-16(22-20(28)29)18(23-17)24-11-2-9-21(13-24)10-12-25(19(21)27)14-3-5-15(26)6-4-14/h7-8,14-15,22,26H,2-6,9-13H2,1H3,(H,28,29)/t14?,15?,21-/m1/s1. The molecule has 9 heteroatoms. The molecule has 4 rings (SSSR count). The SMILES string of the molecule is COc1ccc(NC(=O)O)c(N2CCC[C@@]3(CCN(C4CCC(O)CC4)C3=O)C2)n1. The van der Waals surface area contributed by atoms with Crippen molar-refractivity contribution in [3.05, 3.63) is 12.1 Å². The number of pyridine rings is 1. The van der Waals surface area contributed by atoms with Crippen LogP contribution in [0.4, 0.5) is 16.3 Å². The molecule has 164 valence electrons.